The highest BCUT2D eigenvalue weighted by molar-refractivity contribution is 7.89. The van der Waals surface area contributed by atoms with Crippen LogP contribution in [0, 0.1) is 0 Å². The van der Waals surface area contributed by atoms with E-state index in [-0.39, 0.29) is 11.7 Å². The molecule has 0 aliphatic heterocycles. The molecule has 0 bridgehead atoms. The lowest BCUT2D eigenvalue weighted by atomic mass is 10.0. The molecule has 6 heteroatoms. The van der Waals surface area contributed by atoms with E-state index in [1.165, 1.54) is 76.7 Å². The summed E-state index contributed by atoms with van der Waals surface area (Å²) in [4.78, 5) is 11.4. The molecule has 0 heterocycles. The van der Waals surface area contributed by atoms with Crippen LogP contribution >= 0.6 is 0 Å². The molecule has 1 aromatic carbocycles. The zero-order valence-electron chi connectivity index (χ0n) is 22.2. The molecule has 0 aliphatic rings. The van der Waals surface area contributed by atoms with E-state index in [9.17, 15) is 13.2 Å². The fourth-order valence-electron chi connectivity index (χ4n) is 4.06. The van der Waals surface area contributed by atoms with Crippen molar-refractivity contribution in [3.63, 3.8) is 0 Å². The first kappa shape index (κ1) is 31.4. The SMILES string of the molecule is CCCCCCCCCCCCCCCCS(=O)(=O)NCCc1ccc(C=CC(=O)OCC)cc1. The summed E-state index contributed by atoms with van der Waals surface area (Å²) in [5.74, 6) is -0.146. The van der Waals surface area contributed by atoms with E-state index in [0.717, 1.165) is 30.4 Å². The van der Waals surface area contributed by atoms with E-state index in [1.807, 2.05) is 24.3 Å². The molecule has 0 fully saturated rings. The first-order chi connectivity index (χ1) is 17.0. The maximum Gasteiger partial charge on any atom is 0.330 e. The molecule has 1 N–H and O–H groups in total. The zero-order chi connectivity index (χ0) is 25.6. The molecule has 200 valence electrons. The molecule has 0 saturated heterocycles. The molecule has 0 aromatic heterocycles. The smallest absolute Gasteiger partial charge is 0.330 e. The van der Waals surface area contributed by atoms with Gasteiger partial charge in [0, 0.05) is 12.6 Å². The molecule has 1 rings (SSSR count). The Kier molecular flexibility index (Phi) is 18.4. The maximum atomic E-state index is 12.2. The third kappa shape index (κ3) is 18.3. The fourth-order valence-corrected chi connectivity index (χ4v) is 5.20. The normalized spacial score (nSPS) is 11.8. The lowest BCUT2D eigenvalue weighted by Crippen LogP contribution is -2.28. The summed E-state index contributed by atoms with van der Waals surface area (Å²) < 4.78 is 32.0. The minimum Gasteiger partial charge on any atom is -0.463 e. The lowest BCUT2D eigenvalue weighted by molar-refractivity contribution is -0.137. The van der Waals surface area contributed by atoms with Crippen molar-refractivity contribution in [3.8, 4) is 0 Å². The van der Waals surface area contributed by atoms with Crippen molar-refractivity contribution >= 4 is 22.1 Å². The molecule has 0 amide bonds. The zero-order valence-corrected chi connectivity index (χ0v) is 23.0. The number of hydrogen-bond acceptors (Lipinski definition) is 4. The highest BCUT2D eigenvalue weighted by Crippen LogP contribution is 2.13. The number of carbonyl (C=O) groups is 1. The van der Waals surface area contributed by atoms with Crippen molar-refractivity contribution in [2.45, 2.75) is 110 Å². The van der Waals surface area contributed by atoms with E-state index >= 15 is 0 Å². The van der Waals surface area contributed by atoms with Gasteiger partial charge in [0.1, 0.15) is 0 Å². The van der Waals surface area contributed by atoms with Crippen LogP contribution in [0.2, 0.25) is 0 Å². The van der Waals surface area contributed by atoms with Gasteiger partial charge < -0.3 is 4.74 Å². The summed E-state index contributed by atoms with van der Waals surface area (Å²) >= 11 is 0. The second kappa shape index (κ2) is 20.5. The van der Waals surface area contributed by atoms with Gasteiger partial charge in [0.15, 0.2) is 0 Å². The van der Waals surface area contributed by atoms with E-state index < -0.39 is 10.0 Å². The van der Waals surface area contributed by atoms with Gasteiger partial charge in [0.05, 0.1) is 12.4 Å². The molecule has 35 heavy (non-hydrogen) atoms. The predicted octanol–water partition coefficient (Wildman–Crippen LogP) is 7.21. The molecular formula is C29H49NO4S. The molecule has 0 radical (unpaired) electrons. The first-order valence-corrected chi connectivity index (χ1v) is 15.5. The molecular weight excluding hydrogens is 458 g/mol. The van der Waals surface area contributed by atoms with Crippen molar-refractivity contribution in [1.29, 1.82) is 0 Å². The molecule has 0 spiro atoms. The van der Waals surface area contributed by atoms with Crippen LogP contribution in [0.25, 0.3) is 6.08 Å². The number of unbranched alkanes of at least 4 members (excludes halogenated alkanes) is 13. The van der Waals surface area contributed by atoms with Gasteiger partial charge in [-0.25, -0.2) is 17.9 Å². The van der Waals surface area contributed by atoms with E-state index in [2.05, 4.69) is 11.6 Å². The highest BCUT2D eigenvalue weighted by atomic mass is 32.2. The van der Waals surface area contributed by atoms with Crippen LogP contribution in [0.4, 0.5) is 0 Å². The molecule has 1 aromatic rings. The Balaban J connectivity index is 2.04. The van der Waals surface area contributed by atoms with Crippen molar-refractivity contribution in [2.75, 3.05) is 18.9 Å². The van der Waals surface area contributed by atoms with E-state index in [1.54, 1.807) is 13.0 Å². The van der Waals surface area contributed by atoms with Gasteiger partial charge in [-0.1, -0.05) is 115 Å². The third-order valence-electron chi connectivity index (χ3n) is 6.18. The molecule has 5 nitrogen and oxygen atoms in total. The Morgan fingerprint density at radius 3 is 1.83 bits per heavy atom. The molecule has 0 saturated carbocycles. The van der Waals surface area contributed by atoms with E-state index in [4.69, 9.17) is 4.74 Å². The third-order valence-corrected chi connectivity index (χ3v) is 7.65. The summed E-state index contributed by atoms with van der Waals surface area (Å²) in [6.07, 6.45) is 21.4. The van der Waals surface area contributed by atoms with E-state index in [0.29, 0.717) is 19.6 Å². The monoisotopic (exact) mass is 507 g/mol. The minimum atomic E-state index is -3.21. The highest BCUT2D eigenvalue weighted by Gasteiger charge is 2.09. The topological polar surface area (TPSA) is 72.5 Å². The summed E-state index contributed by atoms with van der Waals surface area (Å²) in [6, 6.07) is 7.72. The predicted molar refractivity (Wildman–Crippen MR) is 148 cm³/mol. The number of nitrogens with one attached hydrogen (secondary N) is 1. The van der Waals surface area contributed by atoms with Crippen molar-refractivity contribution in [1.82, 2.24) is 4.72 Å². The van der Waals surface area contributed by atoms with Gasteiger partial charge in [-0.05, 0) is 37.0 Å². The van der Waals surface area contributed by atoms with Gasteiger partial charge in [0.2, 0.25) is 10.0 Å². The number of hydrogen-bond donors (Lipinski definition) is 1. The lowest BCUT2D eigenvalue weighted by Gasteiger charge is -2.07. The number of rotatable bonds is 22. The summed E-state index contributed by atoms with van der Waals surface area (Å²) in [5, 5.41) is 0. The Labute approximate surface area is 215 Å². The van der Waals surface area contributed by atoms with Crippen LogP contribution in [0.1, 0.15) is 115 Å². The van der Waals surface area contributed by atoms with Crippen LogP contribution in [-0.4, -0.2) is 33.3 Å². The van der Waals surface area contributed by atoms with Crippen molar-refractivity contribution in [3.05, 3.63) is 41.5 Å². The number of esters is 1. The van der Waals surface area contributed by atoms with Crippen LogP contribution in [0.15, 0.2) is 30.3 Å². The largest absolute Gasteiger partial charge is 0.463 e. The minimum absolute atomic E-state index is 0.211. The molecule has 0 unspecified atom stereocenters. The van der Waals surface area contributed by atoms with Gasteiger partial charge in [0.25, 0.3) is 0 Å². The molecule has 0 atom stereocenters. The Morgan fingerprint density at radius 2 is 1.31 bits per heavy atom. The first-order valence-electron chi connectivity index (χ1n) is 13.9. The summed E-state index contributed by atoms with van der Waals surface area (Å²) in [6.45, 7) is 4.79. The van der Waals surface area contributed by atoms with Gasteiger partial charge in [-0.2, -0.15) is 0 Å². The number of ether oxygens (including phenoxy) is 1. The fraction of sp³-hybridized carbons (Fsp3) is 0.690. The van der Waals surface area contributed by atoms with Crippen molar-refractivity contribution < 1.29 is 17.9 Å². The Morgan fingerprint density at radius 1 is 0.800 bits per heavy atom. The van der Waals surface area contributed by atoms with Gasteiger partial charge >= 0.3 is 5.97 Å². The Bertz CT molecular complexity index is 787. The number of sulfonamides is 1. The van der Waals surface area contributed by atoms with Crippen LogP contribution in [-0.2, 0) is 26.0 Å². The average molecular weight is 508 g/mol. The van der Waals surface area contributed by atoms with Crippen LogP contribution < -0.4 is 4.72 Å². The second-order valence-electron chi connectivity index (χ2n) is 9.39. The number of carbonyl (C=O) groups excluding carboxylic acids is 1. The number of benzene rings is 1. The summed E-state index contributed by atoms with van der Waals surface area (Å²) in [7, 11) is -3.21. The van der Waals surface area contributed by atoms with Gasteiger partial charge in [-0.3, -0.25) is 0 Å². The summed E-state index contributed by atoms with van der Waals surface area (Å²) in [5.41, 5.74) is 1.96. The standard InChI is InChI=1S/C29H49NO4S/c1-3-5-6-7-8-9-10-11-12-13-14-15-16-17-26-35(32,33)30-25-24-28-20-18-27(19-21-28)22-23-29(31)34-4-2/h18-23,30H,3-17,24-26H2,1-2H3. The van der Waals surface area contributed by atoms with Gasteiger partial charge in [-0.15, -0.1) is 0 Å². The quantitative estimate of drug-likeness (QED) is 0.102. The van der Waals surface area contributed by atoms with Crippen molar-refractivity contribution in [2.24, 2.45) is 0 Å². The van der Waals surface area contributed by atoms with Crippen LogP contribution in [0.5, 0.6) is 0 Å². The molecule has 0 aliphatic carbocycles. The maximum absolute atomic E-state index is 12.2. The average Bonchev–Trinajstić information content (AvgIpc) is 2.84. The van der Waals surface area contributed by atoms with Crippen LogP contribution in [0.3, 0.4) is 0 Å². The Hall–Kier alpha value is -1.66. The second-order valence-corrected chi connectivity index (χ2v) is 11.3.